The standard InChI is InChI=1S/C18H18FN5O/c19-16-5-1-2-6-17(16)24-11-14(10-21-24)18(25)22-8-3-4-15(12-22)23-9-7-20-13-23/h1-2,5-7,9-11,13,15H,3-4,8,12H2/t15-/m1/s1. The summed E-state index contributed by atoms with van der Waals surface area (Å²) in [5, 5.41) is 4.15. The Morgan fingerprint density at radius 1 is 1.28 bits per heavy atom. The van der Waals surface area contributed by atoms with E-state index in [2.05, 4.69) is 10.1 Å². The summed E-state index contributed by atoms with van der Waals surface area (Å²) in [6, 6.07) is 6.60. The summed E-state index contributed by atoms with van der Waals surface area (Å²) in [7, 11) is 0. The Kier molecular flexibility index (Phi) is 4.05. The Morgan fingerprint density at radius 3 is 2.96 bits per heavy atom. The first kappa shape index (κ1) is 15.6. The number of hydrogen-bond acceptors (Lipinski definition) is 3. The van der Waals surface area contributed by atoms with Gasteiger partial charge in [-0.2, -0.15) is 5.10 Å². The first-order valence-corrected chi connectivity index (χ1v) is 8.28. The minimum atomic E-state index is -0.372. The van der Waals surface area contributed by atoms with Crippen molar-refractivity contribution in [3.05, 3.63) is 66.8 Å². The van der Waals surface area contributed by atoms with Crippen molar-refractivity contribution < 1.29 is 9.18 Å². The van der Waals surface area contributed by atoms with Crippen molar-refractivity contribution in [3.8, 4) is 5.69 Å². The molecule has 25 heavy (non-hydrogen) atoms. The van der Waals surface area contributed by atoms with Crippen LogP contribution in [0, 0.1) is 5.82 Å². The molecule has 0 aliphatic carbocycles. The van der Waals surface area contributed by atoms with Gasteiger partial charge in [0.05, 0.1) is 24.1 Å². The SMILES string of the molecule is O=C(c1cnn(-c2ccccc2F)c1)N1CCC[C@@H](n2ccnc2)C1. The Bertz CT molecular complexity index is 873. The number of hydrogen-bond donors (Lipinski definition) is 0. The zero-order valence-electron chi connectivity index (χ0n) is 13.6. The third-order valence-electron chi connectivity index (χ3n) is 4.56. The fraction of sp³-hybridized carbons (Fsp3) is 0.278. The predicted molar refractivity (Wildman–Crippen MR) is 89.9 cm³/mol. The van der Waals surface area contributed by atoms with E-state index in [4.69, 9.17) is 0 Å². The molecule has 1 aliphatic heterocycles. The molecule has 2 aromatic heterocycles. The molecule has 1 aromatic carbocycles. The lowest BCUT2D eigenvalue weighted by Crippen LogP contribution is -2.40. The average Bonchev–Trinajstić information content (AvgIpc) is 3.34. The molecule has 0 N–H and O–H groups in total. The van der Waals surface area contributed by atoms with Gasteiger partial charge in [0.2, 0.25) is 0 Å². The van der Waals surface area contributed by atoms with Crippen molar-refractivity contribution in [2.24, 2.45) is 0 Å². The van der Waals surface area contributed by atoms with Crippen molar-refractivity contribution in [2.45, 2.75) is 18.9 Å². The van der Waals surface area contributed by atoms with Crippen LogP contribution in [0.15, 0.2) is 55.4 Å². The second kappa shape index (κ2) is 6.51. The Balaban J connectivity index is 1.52. The normalized spacial score (nSPS) is 17.6. The van der Waals surface area contributed by atoms with Crippen LogP contribution in [0.2, 0.25) is 0 Å². The number of amides is 1. The number of aromatic nitrogens is 4. The van der Waals surface area contributed by atoms with Crippen LogP contribution in [0.1, 0.15) is 29.2 Å². The van der Waals surface area contributed by atoms with Crippen LogP contribution in [0.5, 0.6) is 0 Å². The zero-order chi connectivity index (χ0) is 17.2. The second-order valence-electron chi connectivity index (χ2n) is 6.18. The molecule has 0 bridgehead atoms. The topological polar surface area (TPSA) is 56.0 Å². The van der Waals surface area contributed by atoms with Crippen LogP contribution in [-0.2, 0) is 0 Å². The van der Waals surface area contributed by atoms with Gasteiger partial charge in [0.25, 0.3) is 5.91 Å². The molecule has 0 spiro atoms. The predicted octanol–water partition coefficient (Wildman–Crippen LogP) is 2.69. The van der Waals surface area contributed by atoms with E-state index in [0.717, 1.165) is 19.4 Å². The van der Waals surface area contributed by atoms with Crippen molar-refractivity contribution >= 4 is 5.91 Å². The van der Waals surface area contributed by atoms with Crippen LogP contribution in [0.4, 0.5) is 4.39 Å². The van der Waals surface area contributed by atoms with E-state index in [1.807, 2.05) is 15.7 Å². The number of imidazole rings is 1. The van der Waals surface area contributed by atoms with Gasteiger partial charge < -0.3 is 9.47 Å². The van der Waals surface area contributed by atoms with Gasteiger partial charge >= 0.3 is 0 Å². The third kappa shape index (κ3) is 3.05. The number of piperidine rings is 1. The molecule has 1 saturated heterocycles. The van der Waals surface area contributed by atoms with Gasteiger partial charge in [-0.1, -0.05) is 12.1 Å². The highest BCUT2D eigenvalue weighted by molar-refractivity contribution is 5.93. The summed E-state index contributed by atoms with van der Waals surface area (Å²) < 4.78 is 17.3. The minimum absolute atomic E-state index is 0.0765. The van der Waals surface area contributed by atoms with Gasteiger partial charge in [0.15, 0.2) is 0 Å². The summed E-state index contributed by atoms with van der Waals surface area (Å²) in [5.74, 6) is -0.449. The average molecular weight is 339 g/mol. The molecule has 1 amide bonds. The Hall–Kier alpha value is -2.96. The number of likely N-dealkylation sites (tertiary alicyclic amines) is 1. The summed E-state index contributed by atoms with van der Waals surface area (Å²) >= 11 is 0. The molecule has 128 valence electrons. The first-order chi connectivity index (χ1) is 12.2. The Morgan fingerprint density at radius 2 is 2.16 bits per heavy atom. The van der Waals surface area contributed by atoms with Gasteiger partial charge in [0, 0.05) is 31.7 Å². The maximum atomic E-state index is 13.9. The largest absolute Gasteiger partial charge is 0.336 e. The lowest BCUT2D eigenvalue weighted by Gasteiger charge is -2.33. The Labute approximate surface area is 144 Å². The molecular weight excluding hydrogens is 321 g/mol. The maximum absolute atomic E-state index is 13.9. The molecule has 7 heteroatoms. The lowest BCUT2D eigenvalue weighted by molar-refractivity contribution is 0.0679. The smallest absolute Gasteiger partial charge is 0.257 e. The van der Waals surface area contributed by atoms with Crippen LogP contribution in [0.3, 0.4) is 0 Å². The quantitative estimate of drug-likeness (QED) is 0.737. The molecule has 3 aromatic rings. The highest BCUT2D eigenvalue weighted by Crippen LogP contribution is 2.23. The van der Waals surface area contributed by atoms with E-state index in [1.54, 1.807) is 36.9 Å². The van der Waals surface area contributed by atoms with Crippen molar-refractivity contribution in [2.75, 3.05) is 13.1 Å². The highest BCUT2D eigenvalue weighted by Gasteiger charge is 2.26. The van der Waals surface area contributed by atoms with Crippen molar-refractivity contribution in [3.63, 3.8) is 0 Å². The second-order valence-corrected chi connectivity index (χ2v) is 6.18. The van der Waals surface area contributed by atoms with Crippen LogP contribution >= 0.6 is 0 Å². The molecule has 1 aliphatic rings. The van der Waals surface area contributed by atoms with E-state index in [-0.39, 0.29) is 17.8 Å². The zero-order valence-corrected chi connectivity index (χ0v) is 13.6. The van der Waals surface area contributed by atoms with Crippen LogP contribution < -0.4 is 0 Å². The van der Waals surface area contributed by atoms with Gasteiger partial charge in [0.1, 0.15) is 11.5 Å². The third-order valence-corrected chi connectivity index (χ3v) is 4.56. The number of carbonyl (C=O) groups is 1. The van der Waals surface area contributed by atoms with E-state index >= 15 is 0 Å². The molecule has 1 atom stereocenters. The molecule has 6 nitrogen and oxygen atoms in total. The van der Waals surface area contributed by atoms with Crippen LogP contribution in [-0.4, -0.2) is 43.2 Å². The maximum Gasteiger partial charge on any atom is 0.257 e. The van der Waals surface area contributed by atoms with E-state index < -0.39 is 0 Å². The number of para-hydroxylation sites is 1. The van der Waals surface area contributed by atoms with Crippen LogP contribution in [0.25, 0.3) is 5.69 Å². The number of halogens is 1. The van der Waals surface area contributed by atoms with Gasteiger partial charge in [-0.25, -0.2) is 14.1 Å². The molecule has 1 fully saturated rings. The number of rotatable bonds is 3. The summed E-state index contributed by atoms with van der Waals surface area (Å²) in [6.45, 7) is 1.36. The fourth-order valence-corrected chi connectivity index (χ4v) is 3.25. The number of nitrogens with zero attached hydrogens (tertiary/aromatic N) is 5. The number of benzene rings is 1. The molecule has 0 saturated carbocycles. The lowest BCUT2D eigenvalue weighted by atomic mass is 10.0. The monoisotopic (exact) mass is 339 g/mol. The molecule has 0 unspecified atom stereocenters. The summed E-state index contributed by atoms with van der Waals surface area (Å²) in [6.07, 6.45) is 10.5. The van der Waals surface area contributed by atoms with Gasteiger partial charge in [-0.3, -0.25) is 4.79 Å². The highest BCUT2D eigenvalue weighted by atomic mass is 19.1. The fourth-order valence-electron chi connectivity index (χ4n) is 3.25. The van der Waals surface area contributed by atoms with Crippen molar-refractivity contribution in [1.82, 2.24) is 24.2 Å². The van der Waals surface area contributed by atoms with E-state index in [9.17, 15) is 9.18 Å². The molecule has 0 radical (unpaired) electrons. The van der Waals surface area contributed by atoms with Gasteiger partial charge in [-0.05, 0) is 25.0 Å². The summed E-state index contributed by atoms with van der Waals surface area (Å²) in [4.78, 5) is 18.7. The van der Waals surface area contributed by atoms with Crippen molar-refractivity contribution in [1.29, 1.82) is 0 Å². The first-order valence-electron chi connectivity index (χ1n) is 8.28. The minimum Gasteiger partial charge on any atom is -0.336 e. The molecular formula is C18H18FN5O. The summed E-state index contributed by atoms with van der Waals surface area (Å²) in [5.41, 5.74) is 0.797. The molecule has 4 rings (SSSR count). The number of carbonyl (C=O) groups excluding carboxylic acids is 1. The van der Waals surface area contributed by atoms with E-state index in [0.29, 0.717) is 17.8 Å². The molecule has 3 heterocycles. The van der Waals surface area contributed by atoms with E-state index in [1.165, 1.54) is 16.9 Å². The van der Waals surface area contributed by atoms with Gasteiger partial charge in [-0.15, -0.1) is 0 Å².